The minimum Gasteiger partial charge on any atom is -0.481 e. The van der Waals surface area contributed by atoms with E-state index in [0.29, 0.717) is 49.3 Å². The fraction of sp³-hybridized carbons (Fsp3) is 0.233. The van der Waals surface area contributed by atoms with Crippen LogP contribution in [-0.2, 0) is 0 Å². The average Bonchev–Trinajstić information content (AvgIpc) is 2.98. The quantitative estimate of drug-likeness (QED) is 0.371. The molecular formula is C30H30N4O3. The third-order valence-corrected chi connectivity index (χ3v) is 6.68. The van der Waals surface area contributed by atoms with Crippen LogP contribution in [0.4, 0.5) is 0 Å². The summed E-state index contributed by atoms with van der Waals surface area (Å²) >= 11 is 0. The molecule has 0 N–H and O–H groups in total. The summed E-state index contributed by atoms with van der Waals surface area (Å²) in [6.45, 7) is 2.61. The molecule has 188 valence electrons. The molecule has 1 unspecified atom stereocenters. The van der Waals surface area contributed by atoms with Crippen molar-refractivity contribution in [2.75, 3.05) is 40.4 Å². The molecule has 1 aromatic heterocycles. The summed E-state index contributed by atoms with van der Waals surface area (Å²) in [5.41, 5.74) is 4.02. The maximum atomic E-state index is 13.3. The van der Waals surface area contributed by atoms with E-state index in [9.17, 15) is 4.79 Å². The van der Waals surface area contributed by atoms with Crippen LogP contribution in [0, 0.1) is 0 Å². The Morgan fingerprint density at radius 1 is 0.730 bits per heavy atom. The van der Waals surface area contributed by atoms with Gasteiger partial charge in [-0.15, -0.1) is 0 Å². The lowest BCUT2D eigenvalue weighted by Gasteiger charge is -2.39. The van der Waals surface area contributed by atoms with Crippen molar-refractivity contribution in [2.24, 2.45) is 0 Å². The zero-order valence-electron chi connectivity index (χ0n) is 21.1. The van der Waals surface area contributed by atoms with Gasteiger partial charge in [0.2, 0.25) is 11.8 Å². The number of hydrogen-bond donors (Lipinski definition) is 0. The Hall–Kier alpha value is -4.23. The van der Waals surface area contributed by atoms with Gasteiger partial charge in [-0.05, 0) is 28.8 Å². The average molecular weight is 495 g/mol. The van der Waals surface area contributed by atoms with Crippen molar-refractivity contribution in [1.82, 2.24) is 19.8 Å². The first-order valence-electron chi connectivity index (χ1n) is 12.4. The molecule has 5 rings (SSSR count). The fourth-order valence-electron chi connectivity index (χ4n) is 4.71. The summed E-state index contributed by atoms with van der Waals surface area (Å²) in [4.78, 5) is 26.8. The molecule has 1 fully saturated rings. The van der Waals surface area contributed by atoms with Crippen molar-refractivity contribution in [2.45, 2.75) is 6.04 Å². The van der Waals surface area contributed by atoms with Crippen LogP contribution in [0.3, 0.4) is 0 Å². The van der Waals surface area contributed by atoms with Gasteiger partial charge in [-0.1, -0.05) is 72.8 Å². The van der Waals surface area contributed by atoms with E-state index in [4.69, 9.17) is 9.47 Å². The highest BCUT2D eigenvalue weighted by molar-refractivity contribution is 5.94. The van der Waals surface area contributed by atoms with Crippen molar-refractivity contribution in [3.8, 4) is 22.9 Å². The molecule has 3 aromatic carbocycles. The molecule has 0 spiro atoms. The Labute approximate surface area is 217 Å². The molecule has 37 heavy (non-hydrogen) atoms. The number of piperazine rings is 1. The van der Waals surface area contributed by atoms with Crippen LogP contribution < -0.4 is 9.47 Å². The number of benzene rings is 3. The molecule has 0 aliphatic carbocycles. The molecule has 7 nitrogen and oxygen atoms in total. The minimum atomic E-state index is -0.187. The SMILES string of the molecule is COc1cc(OC)nc(C(c2ccccc2)N2CCN(C(=O)c3ccc(-c4ccccc4)cc3)CC2)n1. The van der Waals surface area contributed by atoms with Gasteiger partial charge in [-0.2, -0.15) is 9.97 Å². The molecule has 1 amide bonds. The van der Waals surface area contributed by atoms with Gasteiger partial charge in [-0.25, -0.2) is 0 Å². The molecule has 1 saturated heterocycles. The number of nitrogens with zero attached hydrogens (tertiary/aromatic N) is 4. The first-order chi connectivity index (χ1) is 18.2. The number of rotatable bonds is 7. The Kier molecular flexibility index (Phi) is 7.42. The third-order valence-electron chi connectivity index (χ3n) is 6.68. The Morgan fingerprint density at radius 2 is 1.27 bits per heavy atom. The van der Waals surface area contributed by atoms with Gasteiger partial charge in [0.25, 0.3) is 5.91 Å². The van der Waals surface area contributed by atoms with Gasteiger partial charge in [-0.3, -0.25) is 9.69 Å². The Morgan fingerprint density at radius 3 is 1.84 bits per heavy atom. The van der Waals surface area contributed by atoms with Crippen molar-refractivity contribution in [3.63, 3.8) is 0 Å². The number of carbonyl (C=O) groups is 1. The van der Waals surface area contributed by atoms with Crippen molar-refractivity contribution < 1.29 is 14.3 Å². The topological polar surface area (TPSA) is 67.8 Å². The van der Waals surface area contributed by atoms with Crippen molar-refractivity contribution >= 4 is 5.91 Å². The zero-order valence-corrected chi connectivity index (χ0v) is 21.1. The second-order valence-electron chi connectivity index (χ2n) is 8.90. The standard InChI is InChI=1S/C30H30N4O3/c1-36-26-21-27(37-2)32-29(31-26)28(24-11-7-4-8-12-24)33-17-19-34(20-18-33)30(35)25-15-13-23(14-16-25)22-9-5-3-6-10-22/h3-16,21,28H,17-20H2,1-2H3. The van der Waals surface area contributed by atoms with Crippen LogP contribution in [0.2, 0.25) is 0 Å². The maximum Gasteiger partial charge on any atom is 0.253 e. The van der Waals surface area contributed by atoms with Crippen LogP contribution in [0.1, 0.15) is 27.8 Å². The lowest BCUT2D eigenvalue weighted by Crippen LogP contribution is -2.50. The van der Waals surface area contributed by atoms with E-state index in [2.05, 4.69) is 39.1 Å². The molecule has 1 aliphatic rings. The second-order valence-corrected chi connectivity index (χ2v) is 8.90. The van der Waals surface area contributed by atoms with Crippen molar-refractivity contribution in [3.05, 3.63) is 108 Å². The predicted molar refractivity (Wildman–Crippen MR) is 143 cm³/mol. The number of hydrogen-bond acceptors (Lipinski definition) is 6. The van der Waals surface area contributed by atoms with Crippen molar-refractivity contribution in [1.29, 1.82) is 0 Å². The third kappa shape index (κ3) is 5.47. The predicted octanol–water partition coefficient (Wildman–Crippen LogP) is 4.71. The second kappa shape index (κ2) is 11.2. The first kappa shape index (κ1) is 24.5. The summed E-state index contributed by atoms with van der Waals surface area (Å²) in [5.74, 6) is 1.57. The van der Waals surface area contributed by atoms with Crippen LogP contribution in [-0.4, -0.2) is 66.1 Å². The summed E-state index contributed by atoms with van der Waals surface area (Å²) in [7, 11) is 3.17. The summed E-state index contributed by atoms with van der Waals surface area (Å²) in [6.07, 6.45) is 0. The number of aromatic nitrogens is 2. The Balaban J connectivity index is 1.33. The molecule has 0 bridgehead atoms. The van der Waals surface area contributed by atoms with Gasteiger partial charge in [0.05, 0.1) is 26.3 Å². The number of ether oxygens (including phenoxy) is 2. The van der Waals surface area contributed by atoms with Gasteiger partial charge >= 0.3 is 0 Å². The van der Waals surface area contributed by atoms with Gasteiger partial charge < -0.3 is 14.4 Å². The lowest BCUT2D eigenvalue weighted by atomic mass is 10.0. The van der Waals surface area contributed by atoms with E-state index in [-0.39, 0.29) is 11.9 Å². The normalized spacial score (nSPS) is 14.7. The monoisotopic (exact) mass is 494 g/mol. The van der Waals surface area contributed by atoms with E-state index in [1.165, 1.54) is 0 Å². The van der Waals surface area contributed by atoms with E-state index in [1.807, 2.05) is 65.6 Å². The summed E-state index contributed by atoms with van der Waals surface area (Å²) < 4.78 is 10.8. The minimum absolute atomic E-state index is 0.0508. The van der Waals surface area contributed by atoms with E-state index < -0.39 is 0 Å². The molecule has 0 radical (unpaired) electrons. The summed E-state index contributed by atoms with van der Waals surface area (Å²) in [6, 6.07) is 29.7. The highest BCUT2D eigenvalue weighted by atomic mass is 16.5. The first-order valence-corrected chi connectivity index (χ1v) is 12.4. The Bertz CT molecular complexity index is 1300. The number of methoxy groups -OCH3 is 2. The number of amides is 1. The molecule has 0 saturated carbocycles. The number of carbonyl (C=O) groups excluding carboxylic acids is 1. The molecule has 4 aromatic rings. The van der Waals surface area contributed by atoms with Crippen LogP contribution in [0.5, 0.6) is 11.8 Å². The van der Waals surface area contributed by atoms with E-state index in [1.54, 1.807) is 20.3 Å². The van der Waals surface area contributed by atoms with Crippen LogP contribution in [0.25, 0.3) is 11.1 Å². The van der Waals surface area contributed by atoms with E-state index >= 15 is 0 Å². The van der Waals surface area contributed by atoms with Gasteiger partial charge in [0, 0.05) is 31.7 Å². The van der Waals surface area contributed by atoms with Crippen LogP contribution >= 0.6 is 0 Å². The molecule has 7 heteroatoms. The van der Waals surface area contributed by atoms with Gasteiger partial charge in [0.15, 0.2) is 5.82 Å². The van der Waals surface area contributed by atoms with Gasteiger partial charge in [0.1, 0.15) is 0 Å². The maximum absolute atomic E-state index is 13.3. The molecule has 1 aliphatic heterocycles. The fourth-order valence-corrected chi connectivity index (χ4v) is 4.71. The zero-order chi connectivity index (χ0) is 25.6. The molecular weight excluding hydrogens is 464 g/mol. The summed E-state index contributed by atoms with van der Waals surface area (Å²) in [5, 5.41) is 0. The van der Waals surface area contributed by atoms with Crippen LogP contribution in [0.15, 0.2) is 91.0 Å². The van der Waals surface area contributed by atoms with E-state index in [0.717, 1.165) is 16.7 Å². The molecule has 1 atom stereocenters. The smallest absolute Gasteiger partial charge is 0.253 e. The highest BCUT2D eigenvalue weighted by Crippen LogP contribution is 2.30. The highest BCUT2D eigenvalue weighted by Gasteiger charge is 2.31. The largest absolute Gasteiger partial charge is 0.481 e. The lowest BCUT2D eigenvalue weighted by molar-refractivity contribution is 0.0591. The molecule has 2 heterocycles.